The molecule has 0 aliphatic heterocycles. The van der Waals surface area contributed by atoms with Crippen LogP contribution in [0, 0.1) is 5.92 Å². The molecule has 0 amide bonds. The van der Waals surface area contributed by atoms with Crippen LogP contribution >= 0.6 is 0 Å². The van der Waals surface area contributed by atoms with E-state index in [-0.39, 0.29) is 18.4 Å². The van der Waals surface area contributed by atoms with Gasteiger partial charge in [-0.2, -0.15) is 0 Å². The topological polar surface area (TPSA) is 80.4 Å². The van der Waals surface area contributed by atoms with Crippen molar-refractivity contribution in [1.82, 2.24) is 0 Å². The second-order valence-electron chi connectivity index (χ2n) is 4.91. The molecule has 1 aromatic carbocycles. The fraction of sp³-hybridized carbons (Fsp3) is 0.538. The molecule has 4 nitrogen and oxygen atoms in total. The summed E-state index contributed by atoms with van der Waals surface area (Å²) in [7, 11) is -3.14. The minimum atomic E-state index is -3.14. The molecule has 0 radical (unpaired) electrons. The average Bonchev–Trinajstić information content (AvgIpc) is 3.13. The number of nitrogens with two attached hydrogens (primary N) is 1. The fourth-order valence-electron chi connectivity index (χ4n) is 1.92. The lowest BCUT2D eigenvalue weighted by atomic mass is 10.1. The number of aliphatic hydroxyl groups excluding tert-OH is 1. The lowest BCUT2D eigenvalue weighted by Crippen LogP contribution is -2.13. The Morgan fingerprint density at radius 1 is 1.28 bits per heavy atom. The van der Waals surface area contributed by atoms with Gasteiger partial charge in [0, 0.05) is 12.6 Å². The maximum Gasteiger partial charge on any atom is 0.178 e. The van der Waals surface area contributed by atoms with E-state index in [0.717, 1.165) is 18.4 Å². The van der Waals surface area contributed by atoms with E-state index in [4.69, 9.17) is 10.8 Å². The van der Waals surface area contributed by atoms with Crippen LogP contribution in [-0.2, 0) is 9.84 Å². The second kappa shape index (κ2) is 5.38. The third-order valence-electron chi connectivity index (χ3n) is 3.26. The largest absolute Gasteiger partial charge is 0.396 e. The molecule has 100 valence electrons. The number of aliphatic hydroxyl groups is 1. The maximum absolute atomic E-state index is 12.0. The molecular weight excluding hydrogens is 250 g/mol. The number of benzene rings is 1. The molecule has 0 unspecified atom stereocenters. The highest BCUT2D eigenvalue weighted by atomic mass is 32.2. The summed E-state index contributed by atoms with van der Waals surface area (Å²) < 4.78 is 24.0. The minimum Gasteiger partial charge on any atom is -0.396 e. The SMILES string of the molecule is N[C@@H](CCO)c1ccc(S(=O)(=O)CC2CC2)cc1. The third kappa shape index (κ3) is 3.31. The molecule has 0 aromatic heterocycles. The van der Waals surface area contributed by atoms with E-state index >= 15 is 0 Å². The molecule has 3 N–H and O–H groups in total. The molecule has 0 saturated heterocycles. The van der Waals surface area contributed by atoms with Gasteiger partial charge in [0.15, 0.2) is 9.84 Å². The Morgan fingerprint density at radius 3 is 2.39 bits per heavy atom. The van der Waals surface area contributed by atoms with Crippen molar-refractivity contribution >= 4 is 9.84 Å². The van der Waals surface area contributed by atoms with Crippen LogP contribution in [0.4, 0.5) is 0 Å². The van der Waals surface area contributed by atoms with Gasteiger partial charge in [-0.3, -0.25) is 0 Å². The zero-order chi connectivity index (χ0) is 13.2. The van der Waals surface area contributed by atoms with Crippen LogP contribution in [0.25, 0.3) is 0 Å². The first-order valence-corrected chi connectivity index (χ1v) is 7.87. The molecule has 18 heavy (non-hydrogen) atoms. The predicted molar refractivity (Wildman–Crippen MR) is 69.9 cm³/mol. The van der Waals surface area contributed by atoms with Crippen molar-refractivity contribution in [3.05, 3.63) is 29.8 Å². The Balaban J connectivity index is 2.11. The van der Waals surface area contributed by atoms with Crippen LogP contribution in [0.3, 0.4) is 0 Å². The molecule has 1 aliphatic rings. The summed E-state index contributed by atoms with van der Waals surface area (Å²) >= 11 is 0. The molecule has 5 heteroatoms. The summed E-state index contributed by atoms with van der Waals surface area (Å²) in [6, 6.07) is 6.46. The van der Waals surface area contributed by atoms with Crippen LogP contribution in [0.1, 0.15) is 30.9 Å². The van der Waals surface area contributed by atoms with Gasteiger partial charge in [-0.1, -0.05) is 12.1 Å². The third-order valence-corrected chi connectivity index (χ3v) is 5.16. The van der Waals surface area contributed by atoms with Crippen LogP contribution in [0.5, 0.6) is 0 Å². The average molecular weight is 269 g/mol. The van der Waals surface area contributed by atoms with Gasteiger partial charge in [0.25, 0.3) is 0 Å². The molecular formula is C13H19NO3S. The smallest absolute Gasteiger partial charge is 0.178 e. The highest BCUT2D eigenvalue weighted by Gasteiger charge is 2.28. The standard InChI is InChI=1S/C13H19NO3S/c14-13(7-8-15)11-3-5-12(6-4-11)18(16,17)9-10-1-2-10/h3-6,10,13,15H,1-2,7-9,14H2/t13-/m0/s1. The molecule has 0 spiro atoms. The van der Waals surface area contributed by atoms with Gasteiger partial charge in [-0.15, -0.1) is 0 Å². The number of sulfone groups is 1. The molecule has 2 rings (SSSR count). The highest BCUT2D eigenvalue weighted by molar-refractivity contribution is 7.91. The van der Waals surface area contributed by atoms with Gasteiger partial charge in [0.05, 0.1) is 10.6 Å². The lowest BCUT2D eigenvalue weighted by molar-refractivity contribution is 0.276. The fourth-order valence-corrected chi connectivity index (χ4v) is 3.62. The Kier molecular flexibility index (Phi) is 4.04. The summed E-state index contributed by atoms with van der Waals surface area (Å²) in [5, 5.41) is 8.81. The van der Waals surface area contributed by atoms with Crippen molar-refractivity contribution in [3.63, 3.8) is 0 Å². The maximum atomic E-state index is 12.0. The van der Waals surface area contributed by atoms with E-state index in [0.29, 0.717) is 17.2 Å². The predicted octanol–water partition coefficient (Wildman–Crippen LogP) is 1.25. The van der Waals surface area contributed by atoms with Gasteiger partial charge >= 0.3 is 0 Å². The van der Waals surface area contributed by atoms with E-state index in [1.165, 1.54) is 0 Å². The summed E-state index contributed by atoms with van der Waals surface area (Å²) in [4.78, 5) is 0.370. The number of hydrogen-bond acceptors (Lipinski definition) is 4. The van der Waals surface area contributed by atoms with Gasteiger partial charge in [-0.25, -0.2) is 8.42 Å². The summed E-state index contributed by atoms with van der Waals surface area (Å²) in [6.45, 7) is 0.0307. The first-order chi connectivity index (χ1) is 8.53. The number of hydrogen-bond donors (Lipinski definition) is 2. The van der Waals surface area contributed by atoms with E-state index in [1.54, 1.807) is 24.3 Å². The quantitative estimate of drug-likeness (QED) is 0.814. The Hall–Kier alpha value is -0.910. The Bertz CT molecular complexity index is 491. The lowest BCUT2D eigenvalue weighted by Gasteiger charge is -2.11. The summed E-state index contributed by atoms with van der Waals surface area (Å²) in [5.41, 5.74) is 6.70. The molecule has 1 aromatic rings. The Morgan fingerprint density at radius 2 is 1.89 bits per heavy atom. The normalized spacial score (nSPS) is 17.7. The molecule has 1 fully saturated rings. The van der Waals surface area contributed by atoms with Crippen molar-refractivity contribution in [3.8, 4) is 0 Å². The summed E-state index contributed by atoms with van der Waals surface area (Å²) in [6.07, 6.45) is 2.53. The highest BCUT2D eigenvalue weighted by Crippen LogP contribution is 2.32. The molecule has 1 saturated carbocycles. The van der Waals surface area contributed by atoms with Crippen LogP contribution in [0.15, 0.2) is 29.2 Å². The van der Waals surface area contributed by atoms with Crippen molar-refractivity contribution in [2.24, 2.45) is 11.7 Å². The molecule has 0 heterocycles. The first kappa shape index (κ1) is 13.5. The van der Waals surface area contributed by atoms with Crippen LogP contribution < -0.4 is 5.73 Å². The first-order valence-electron chi connectivity index (χ1n) is 6.22. The zero-order valence-corrected chi connectivity index (χ0v) is 11.1. The van der Waals surface area contributed by atoms with E-state index < -0.39 is 9.84 Å². The number of rotatable bonds is 6. The van der Waals surface area contributed by atoms with Crippen LogP contribution in [-0.4, -0.2) is 25.9 Å². The van der Waals surface area contributed by atoms with E-state index in [9.17, 15) is 8.42 Å². The van der Waals surface area contributed by atoms with Gasteiger partial charge in [-0.05, 0) is 42.9 Å². The molecule has 0 bridgehead atoms. The minimum absolute atomic E-state index is 0.0307. The zero-order valence-electron chi connectivity index (χ0n) is 10.2. The van der Waals surface area contributed by atoms with Crippen molar-refractivity contribution in [2.45, 2.75) is 30.2 Å². The van der Waals surface area contributed by atoms with Crippen molar-refractivity contribution in [2.75, 3.05) is 12.4 Å². The van der Waals surface area contributed by atoms with Gasteiger partial charge < -0.3 is 10.8 Å². The van der Waals surface area contributed by atoms with E-state index in [2.05, 4.69) is 0 Å². The Labute approximate surface area is 108 Å². The van der Waals surface area contributed by atoms with Gasteiger partial charge in [0.1, 0.15) is 0 Å². The second-order valence-corrected chi connectivity index (χ2v) is 6.95. The summed E-state index contributed by atoms with van der Waals surface area (Å²) in [5.74, 6) is 0.612. The van der Waals surface area contributed by atoms with Gasteiger partial charge in [0.2, 0.25) is 0 Å². The van der Waals surface area contributed by atoms with Crippen LogP contribution in [0.2, 0.25) is 0 Å². The molecule has 1 atom stereocenters. The van der Waals surface area contributed by atoms with E-state index in [1.807, 2.05) is 0 Å². The molecule has 1 aliphatic carbocycles. The van der Waals surface area contributed by atoms with Crippen molar-refractivity contribution < 1.29 is 13.5 Å². The monoisotopic (exact) mass is 269 g/mol. The van der Waals surface area contributed by atoms with Crippen molar-refractivity contribution in [1.29, 1.82) is 0 Å².